The largest absolute Gasteiger partial charge is 0.349 e. The summed E-state index contributed by atoms with van der Waals surface area (Å²) in [6.07, 6.45) is 3.11. The Hall–Kier alpha value is -1.47. The van der Waals surface area contributed by atoms with Crippen molar-refractivity contribution >= 4 is 15.9 Å². The van der Waals surface area contributed by atoms with Crippen LogP contribution in [0.2, 0.25) is 0 Å². The van der Waals surface area contributed by atoms with Gasteiger partial charge in [-0.3, -0.25) is 4.79 Å². The highest BCUT2D eigenvalue weighted by Gasteiger charge is 2.30. The first-order valence-corrected chi connectivity index (χ1v) is 10.8. The first-order valence-electron chi connectivity index (χ1n) is 9.32. The maximum Gasteiger partial charge on any atom is 0.251 e. The summed E-state index contributed by atoms with van der Waals surface area (Å²) in [7, 11) is -3.96. The van der Waals surface area contributed by atoms with E-state index in [1.807, 2.05) is 0 Å². The van der Waals surface area contributed by atoms with E-state index in [1.54, 1.807) is 13.8 Å². The quantitative estimate of drug-likeness (QED) is 0.817. The molecule has 3 unspecified atom stereocenters. The molecule has 1 N–H and O–H groups in total. The number of carbonyl (C=O) groups excluding carboxylic acids is 1. The van der Waals surface area contributed by atoms with Crippen LogP contribution in [0.5, 0.6) is 0 Å². The van der Waals surface area contributed by atoms with Gasteiger partial charge in [-0.05, 0) is 36.5 Å². The highest BCUT2D eigenvalue weighted by molar-refractivity contribution is 7.89. The molecule has 0 heterocycles. The molecule has 146 valence electrons. The number of hydrogen-bond donors (Lipinski definition) is 1. The lowest BCUT2D eigenvalue weighted by Gasteiger charge is -2.34. The summed E-state index contributed by atoms with van der Waals surface area (Å²) in [5, 5.41) is 3.00. The predicted molar refractivity (Wildman–Crippen MR) is 99.9 cm³/mol. The lowest BCUT2D eigenvalue weighted by Crippen LogP contribution is -2.43. The van der Waals surface area contributed by atoms with Gasteiger partial charge in [0.15, 0.2) is 0 Å². The molecule has 1 aromatic rings. The number of hydrogen-bond acceptors (Lipinski definition) is 3. The van der Waals surface area contributed by atoms with Gasteiger partial charge in [-0.1, -0.05) is 40.5 Å². The van der Waals surface area contributed by atoms with Crippen LogP contribution < -0.4 is 5.32 Å². The summed E-state index contributed by atoms with van der Waals surface area (Å²) in [4.78, 5) is 12.2. The smallest absolute Gasteiger partial charge is 0.251 e. The average molecular weight is 385 g/mol. The van der Waals surface area contributed by atoms with Crippen molar-refractivity contribution in [2.75, 3.05) is 13.1 Å². The van der Waals surface area contributed by atoms with Gasteiger partial charge in [-0.25, -0.2) is 12.8 Å². The SMILES string of the molecule is CCN(CC)S(=O)(=O)c1cc(C(=O)NC2CCCC(C)C2C)ccc1F. The molecule has 7 heteroatoms. The first-order chi connectivity index (χ1) is 12.2. The molecule has 1 amide bonds. The first kappa shape index (κ1) is 20.8. The van der Waals surface area contributed by atoms with Gasteiger partial charge in [-0.2, -0.15) is 4.31 Å². The van der Waals surface area contributed by atoms with Crippen LogP contribution in [0, 0.1) is 17.7 Å². The number of sulfonamides is 1. The van der Waals surface area contributed by atoms with Crippen LogP contribution in [0.3, 0.4) is 0 Å². The van der Waals surface area contributed by atoms with Crippen LogP contribution in [0.15, 0.2) is 23.1 Å². The van der Waals surface area contributed by atoms with E-state index < -0.39 is 20.7 Å². The minimum Gasteiger partial charge on any atom is -0.349 e. The second-order valence-electron chi connectivity index (χ2n) is 7.08. The molecular weight excluding hydrogens is 355 g/mol. The summed E-state index contributed by atoms with van der Waals surface area (Å²) >= 11 is 0. The zero-order valence-electron chi connectivity index (χ0n) is 16.0. The Morgan fingerprint density at radius 2 is 1.88 bits per heavy atom. The van der Waals surface area contributed by atoms with E-state index in [1.165, 1.54) is 10.4 Å². The molecule has 5 nitrogen and oxygen atoms in total. The topological polar surface area (TPSA) is 66.5 Å². The zero-order valence-corrected chi connectivity index (χ0v) is 16.8. The van der Waals surface area contributed by atoms with E-state index in [0.29, 0.717) is 11.8 Å². The van der Waals surface area contributed by atoms with Gasteiger partial charge in [0.05, 0.1) is 0 Å². The minimum absolute atomic E-state index is 0.0548. The standard InChI is InChI=1S/C19H29FN2O3S/c1-5-22(6-2)26(24,25)18-12-15(10-11-16(18)20)19(23)21-17-9-7-8-13(3)14(17)4/h10-14,17H,5-9H2,1-4H3,(H,21,23). The fourth-order valence-corrected chi connectivity index (χ4v) is 5.13. The Kier molecular flexibility index (Phi) is 6.80. The third-order valence-corrected chi connectivity index (χ3v) is 7.60. The Morgan fingerprint density at radius 3 is 2.50 bits per heavy atom. The molecule has 1 aromatic carbocycles. The van der Waals surface area contributed by atoms with Gasteiger partial charge in [0.1, 0.15) is 10.7 Å². The number of rotatable bonds is 6. The lowest BCUT2D eigenvalue weighted by atomic mass is 9.78. The normalized spacial score (nSPS) is 23.8. The van der Waals surface area contributed by atoms with Crippen LogP contribution in [-0.2, 0) is 10.0 Å². The third kappa shape index (κ3) is 4.26. The summed E-state index contributed by atoms with van der Waals surface area (Å²) in [5.41, 5.74) is 0.169. The van der Waals surface area contributed by atoms with Crippen molar-refractivity contribution in [2.45, 2.75) is 57.9 Å². The number of amides is 1. The maximum atomic E-state index is 14.2. The summed E-state index contributed by atoms with van der Waals surface area (Å²) < 4.78 is 40.6. The Labute approximate surface area is 156 Å². The highest BCUT2D eigenvalue weighted by Crippen LogP contribution is 2.30. The molecule has 1 saturated carbocycles. The maximum absolute atomic E-state index is 14.2. The van der Waals surface area contributed by atoms with E-state index in [2.05, 4.69) is 19.2 Å². The molecule has 0 saturated heterocycles. The number of nitrogens with zero attached hydrogens (tertiary/aromatic N) is 1. The zero-order chi connectivity index (χ0) is 19.5. The van der Waals surface area contributed by atoms with Crippen molar-refractivity contribution in [2.24, 2.45) is 11.8 Å². The Balaban J connectivity index is 2.27. The van der Waals surface area contributed by atoms with Gasteiger partial charge in [0.2, 0.25) is 10.0 Å². The molecule has 0 spiro atoms. The van der Waals surface area contributed by atoms with Crippen molar-refractivity contribution in [1.29, 1.82) is 0 Å². The Bertz CT molecular complexity index is 747. The second-order valence-corrected chi connectivity index (χ2v) is 8.99. The molecule has 0 bridgehead atoms. The van der Waals surface area contributed by atoms with Crippen LogP contribution in [0.25, 0.3) is 0 Å². The fourth-order valence-electron chi connectivity index (χ4n) is 3.58. The predicted octanol–water partition coefficient (Wildman–Crippen LogP) is 3.41. The van der Waals surface area contributed by atoms with E-state index in [0.717, 1.165) is 31.4 Å². The molecule has 1 aliphatic rings. The van der Waals surface area contributed by atoms with Gasteiger partial charge in [0, 0.05) is 24.7 Å². The lowest BCUT2D eigenvalue weighted by molar-refractivity contribution is 0.0891. The number of carbonyl (C=O) groups is 1. The minimum atomic E-state index is -3.96. The molecule has 1 fully saturated rings. The van der Waals surface area contributed by atoms with Crippen molar-refractivity contribution in [1.82, 2.24) is 9.62 Å². The van der Waals surface area contributed by atoms with E-state index in [-0.39, 0.29) is 30.6 Å². The van der Waals surface area contributed by atoms with Crippen molar-refractivity contribution in [3.63, 3.8) is 0 Å². The average Bonchev–Trinajstić information content (AvgIpc) is 2.60. The van der Waals surface area contributed by atoms with Crippen LogP contribution in [-0.4, -0.2) is 37.8 Å². The van der Waals surface area contributed by atoms with Crippen LogP contribution in [0.4, 0.5) is 4.39 Å². The molecule has 2 rings (SSSR count). The fraction of sp³-hybridized carbons (Fsp3) is 0.632. The number of benzene rings is 1. The van der Waals surface area contributed by atoms with E-state index in [9.17, 15) is 17.6 Å². The van der Waals surface area contributed by atoms with Gasteiger partial charge >= 0.3 is 0 Å². The molecule has 1 aliphatic carbocycles. The summed E-state index contributed by atoms with van der Waals surface area (Å²) in [6, 6.07) is 3.59. The van der Waals surface area contributed by atoms with Crippen LogP contribution in [0.1, 0.15) is 57.3 Å². The van der Waals surface area contributed by atoms with Gasteiger partial charge in [-0.15, -0.1) is 0 Å². The van der Waals surface area contributed by atoms with Crippen molar-refractivity contribution < 1.29 is 17.6 Å². The molecule has 0 aromatic heterocycles. The number of nitrogens with one attached hydrogen (secondary N) is 1. The molecular formula is C19H29FN2O3S. The molecule has 3 atom stereocenters. The number of halogens is 1. The molecule has 26 heavy (non-hydrogen) atoms. The van der Waals surface area contributed by atoms with Crippen LogP contribution >= 0.6 is 0 Å². The van der Waals surface area contributed by atoms with Gasteiger partial charge in [0.25, 0.3) is 5.91 Å². The van der Waals surface area contributed by atoms with E-state index in [4.69, 9.17) is 0 Å². The van der Waals surface area contributed by atoms with E-state index >= 15 is 0 Å². The van der Waals surface area contributed by atoms with Crippen molar-refractivity contribution in [3.05, 3.63) is 29.6 Å². The molecule has 0 radical (unpaired) electrons. The van der Waals surface area contributed by atoms with Gasteiger partial charge < -0.3 is 5.32 Å². The summed E-state index contributed by atoms with van der Waals surface area (Å²) in [6.45, 7) is 8.17. The molecule has 0 aliphatic heterocycles. The highest BCUT2D eigenvalue weighted by atomic mass is 32.2. The Morgan fingerprint density at radius 1 is 1.23 bits per heavy atom. The summed E-state index contributed by atoms with van der Waals surface area (Å²) in [5.74, 6) is -0.312. The van der Waals surface area contributed by atoms with Crippen molar-refractivity contribution in [3.8, 4) is 0 Å². The third-order valence-electron chi connectivity index (χ3n) is 5.54. The monoisotopic (exact) mass is 384 g/mol. The second kappa shape index (κ2) is 8.48.